The second kappa shape index (κ2) is 21.3. The molecule has 0 heterocycles. The predicted octanol–water partition coefficient (Wildman–Crippen LogP) is 0.360. The minimum atomic E-state index is -0.615. The maximum atomic E-state index is 11.2. The largest absolute Gasteiger partial charge is 0.460 e. The molecule has 0 fully saturated rings. The molecular formula is C22H34O11. The van der Waals surface area contributed by atoms with Gasteiger partial charge in [0.15, 0.2) is 0 Å². The first-order valence-electron chi connectivity index (χ1n) is 10.4. The molecule has 11 heteroatoms. The molecule has 188 valence electrons. The molecule has 0 radical (unpaired) electrons. The summed E-state index contributed by atoms with van der Waals surface area (Å²) in [5, 5.41) is 8.87. The number of ether oxygens (including phenoxy) is 7. The number of aliphatic hydroxyl groups excluding tert-OH is 1. The van der Waals surface area contributed by atoms with E-state index in [2.05, 4.69) is 19.7 Å². The summed E-state index contributed by atoms with van der Waals surface area (Å²) in [6, 6.07) is 0. The highest BCUT2D eigenvalue weighted by Gasteiger charge is 2.24. The van der Waals surface area contributed by atoms with Crippen molar-refractivity contribution >= 4 is 17.9 Å². The monoisotopic (exact) mass is 474 g/mol. The Labute approximate surface area is 193 Å². The molecular weight excluding hydrogens is 440 g/mol. The number of aliphatic hydroxyl groups is 1. The van der Waals surface area contributed by atoms with Gasteiger partial charge in [-0.1, -0.05) is 19.7 Å². The lowest BCUT2D eigenvalue weighted by atomic mass is 10.1. The van der Waals surface area contributed by atoms with Gasteiger partial charge in [-0.2, -0.15) is 0 Å². The molecule has 0 aromatic carbocycles. The van der Waals surface area contributed by atoms with Crippen LogP contribution in [-0.4, -0.2) is 101 Å². The van der Waals surface area contributed by atoms with Gasteiger partial charge in [-0.15, -0.1) is 0 Å². The van der Waals surface area contributed by atoms with E-state index in [0.29, 0.717) is 6.42 Å². The van der Waals surface area contributed by atoms with Gasteiger partial charge in [0.1, 0.15) is 25.9 Å². The molecule has 1 N–H and O–H groups in total. The van der Waals surface area contributed by atoms with Crippen LogP contribution in [0.2, 0.25) is 0 Å². The fourth-order valence-corrected chi connectivity index (χ4v) is 2.27. The molecule has 0 amide bonds. The summed E-state index contributed by atoms with van der Waals surface area (Å²) in [5.41, 5.74) is 0. The first-order chi connectivity index (χ1) is 16.0. The van der Waals surface area contributed by atoms with E-state index in [1.54, 1.807) is 0 Å². The molecule has 0 aromatic rings. The van der Waals surface area contributed by atoms with Gasteiger partial charge in [-0.25, -0.2) is 14.4 Å². The van der Waals surface area contributed by atoms with Gasteiger partial charge in [0.25, 0.3) is 0 Å². The third-order valence-electron chi connectivity index (χ3n) is 3.77. The van der Waals surface area contributed by atoms with Gasteiger partial charge >= 0.3 is 17.9 Å². The molecule has 0 aliphatic carbocycles. The average molecular weight is 475 g/mol. The highest BCUT2D eigenvalue weighted by molar-refractivity contribution is 5.81. The lowest BCUT2D eigenvalue weighted by molar-refractivity contribution is -0.151. The third-order valence-corrected chi connectivity index (χ3v) is 3.77. The van der Waals surface area contributed by atoms with Gasteiger partial charge in [-0.3, -0.25) is 0 Å². The zero-order valence-corrected chi connectivity index (χ0v) is 18.8. The quantitative estimate of drug-likeness (QED) is 0.101. The minimum Gasteiger partial charge on any atom is -0.460 e. The summed E-state index contributed by atoms with van der Waals surface area (Å²) in [4.78, 5) is 33.5. The Kier molecular flexibility index (Phi) is 19.6. The van der Waals surface area contributed by atoms with Crippen LogP contribution in [-0.2, 0) is 47.5 Å². The van der Waals surface area contributed by atoms with Crippen LogP contribution in [0.15, 0.2) is 38.0 Å². The Morgan fingerprint density at radius 1 is 0.636 bits per heavy atom. The van der Waals surface area contributed by atoms with Crippen LogP contribution in [0.25, 0.3) is 0 Å². The van der Waals surface area contributed by atoms with E-state index in [-0.39, 0.29) is 66.1 Å². The molecule has 0 bridgehead atoms. The smallest absolute Gasteiger partial charge is 0.330 e. The zero-order chi connectivity index (χ0) is 24.7. The van der Waals surface area contributed by atoms with Crippen molar-refractivity contribution < 1.29 is 52.6 Å². The summed E-state index contributed by atoms with van der Waals surface area (Å²) in [6.45, 7) is 10.6. The highest BCUT2D eigenvalue weighted by atomic mass is 16.6. The van der Waals surface area contributed by atoms with Crippen LogP contribution in [0.3, 0.4) is 0 Å². The molecule has 2 unspecified atom stereocenters. The summed E-state index contributed by atoms with van der Waals surface area (Å²) >= 11 is 0. The number of hydrogen-bond donors (Lipinski definition) is 1. The summed E-state index contributed by atoms with van der Waals surface area (Å²) in [5.74, 6) is -1.72. The van der Waals surface area contributed by atoms with Crippen molar-refractivity contribution in [3.63, 3.8) is 0 Å². The topological polar surface area (TPSA) is 136 Å². The first kappa shape index (κ1) is 30.4. The molecule has 0 aromatic heterocycles. The van der Waals surface area contributed by atoms with Crippen LogP contribution in [0.4, 0.5) is 0 Å². The minimum absolute atomic E-state index is 0.000873. The maximum absolute atomic E-state index is 11.2. The van der Waals surface area contributed by atoms with E-state index < -0.39 is 30.1 Å². The fourth-order valence-electron chi connectivity index (χ4n) is 2.27. The van der Waals surface area contributed by atoms with Crippen molar-refractivity contribution in [2.45, 2.75) is 18.6 Å². The van der Waals surface area contributed by atoms with E-state index in [4.69, 9.17) is 38.3 Å². The second-order valence-corrected chi connectivity index (χ2v) is 6.13. The lowest BCUT2D eigenvalue weighted by Crippen LogP contribution is -2.38. The second-order valence-electron chi connectivity index (χ2n) is 6.13. The fraction of sp³-hybridized carbons (Fsp3) is 0.591. The summed E-state index contributed by atoms with van der Waals surface area (Å²) < 4.78 is 37.1. The van der Waals surface area contributed by atoms with Crippen LogP contribution >= 0.6 is 0 Å². The SMILES string of the molecule is C=CC(=O)OCCOCC(OCCOC(=O)C=C)C(CCOCCO)OCCOC(=O)C=C. The van der Waals surface area contributed by atoms with Crippen LogP contribution in [0.1, 0.15) is 6.42 Å². The maximum Gasteiger partial charge on any atom is 0.330 e. The van der Waals surface area contributed by atoms with Crippen molar-refractivity contribution in [2.24, 2.45) is 0 Å². The molecule has 33 heavy (non-hydrogen) atoms. The molecule has 0 saturated carbocycles. The van der Waals surface area contributed by atoms with Gasteiger partial charge < -0.3 is 38.3 Å². The van der Waals surface area contributed by atoms with Gasteiger partial charge in [-0.05, 0) is 6.42 Å². The molecule has 0 rings (SSSR count). The lowest BCUT2D eigenvalue weighted by Gasteiger charge is -2.27. The molecule has 0 aliphatic rings. The predicted molar refractivity (Wildman–Crippen MR) is 116 cm³/mol. The Morgan fingerprint density at radius 3 is 1.61 bits per heavy atom. The van der Waals surface area contributed by atoms with Crippen molar-refractivity contribution in [1.29, 1.82) is 0 Å². The number of carbonyl (C=O) groups is 3. The van der Waals surface area contributed by atoms with Gasteiger partial charge in [0.2, 0.25) is 0 Å². The van der Waals surface area contributed by atoms with E-state index in [1.165, 1.54) is 0 Å². The van der Waals surface area contributed by atoms with E-state index in [9.17, 15) is 14.4 Å². The summed E-state index contributed by atoms with van der Waals surface area (Å²) in [7, 11) is 0. The van der Waals surface area contributed by atoms with Crippen LogP contribution in [0.5, 0.6) is 0 Å². The highest BCUT2D eigenvalue weighted by Crippen LogP contribution is 2.11. The van der Waals surface area contributed by atoms with E-state index >= 15 is 0 Å². The van der Waals surface area contributed by atoms with Crippen molar-refractivity contribution in [2.75, 3.05) is 66.1 Å². The zero-order valence-electron chi connectivity index (χ0n) is 18.8. The Balaban J connectivity index is 4.88. The van der Waals surface area contributed by atoms with E-state index in [1.807, 2.05) is 0 Å². The first-order valence-corrected chi connectivity index (χ1v) is 10.4. The van der Waals surface area contributed by atoms with Crippen LogP contribution in [0, 0.1) is 0 Å². The number of hydrogen-bond acceptors (Lipinski definition) is 11. The van der Waals surface area contributed by atoms with E-state index in [0.717, 1.165) is 18.2 Å². The number of rotatable bonds is 22. The third kappa shape index (κ3) is 17.6. The van der Waals surface area contributed by atoms with Crippen LogP contribution < -0.4 is 0 Å². The Morgan fingerprint density at radius 2 is 1.12 bits per heavy atom. The average Bonchev–Trinajstić information content (AvgIpc) is 2.83. The molecule has 11 nitrogen and oxygen atoms in total. The molecule has 0 spiro atoms. The van der Waals surface area contributed by atoms with Gasteiger partial charge in [0, 0.05) is 24.8 Å². The molecule has 2 atom stereocenters. The number of esters is 3. The van der Waals surface area contributed by atoms with Crippen molar-refractivity contribution in [3.05, 3.63) is 38.0 Å². The Hall–Kier alpha value is -2.57. The number of carbonyl (C=O) groups excluding carboxylic acids is 3. The Bertz CT molecular complexity index is 591. The van der Waals surface area contributed by atoms with Crippen molar-refractivity contribution in [3.8, 4) is 0 Å². The summed E-state index contributed by atoms with van der Waals surface area (Å²) in [6.07, 6.45) is 2.35. The standard InChI is InChI=1S/C22H34O11/c1-4-20(24)31-12-11-28-17-19(30-14-16-33-22(26)6-3)18(7-9-27-10-8-23)29-13-15-32-21(25)5-2/h4-6,18-19,23H,1-3,7-17H2. The van der Waals surface area contributed by atoms with Gasteiger partial charge in [0.05, 0.1) is 45.7 Å². The molecule has 0 aliphatic heterocycles. The molecule has 0 saturated heterocycles. The van der Waals surface area contributed by atoms with Crippen molar-refractivity contribution in [1.82, 2.24) is 0 Å². The normalized spacial score (nSPS) is 12.3.